The number of aromatic amines is 1. The van der Waals surface area contributed by atoms with Crippen LogP contribution in [0.25, 0.3) is 10.9 Å². The lowest BCUT2D eigenvalue weighted by Gasteiger charge is -2.08. The van der Waals surface area contributed by atoms with Gasteiger partial charge in [0.25, 0.3) is 0 Å². The first-order valence-corrected chi connectivity index (χ1v) is 9.74. The quantitative estimate of drug-likeness (QED) is 0.583. The van der Waals surface area contributed by atoms with Gasteiger partial charge in [-0.05, 0) is 50.3 Å². The van der Waals surface area contributed by atoms with Gasteiger partial charge >= 0.3 is 0 Å². The molecule has 2 aromatic heterocycles. The summed E-state index contributed by atoms with van der Waals surface area (Å²) in [5.41, 5.74) is 5.48. The monoisotopic (exact) mass is 347 g/mol. The number of hydrogen-bond acceptors (Lipinski definition) is 3. The Balaban J connectivity index is 1.72. The first-order valence-electron chi connectivity index (χ1n) is 8.92. The van der Waals surface area contributed by atoms with Crippen LogP contribution in [-0.4, -0.2) is 11.2 Å². The molecule has 0 atom stereocenters. The van der Waals surface area contributed by atoms with Gasteiger partial charge in [-0.1, -0.05) is 24.5 Å². The number of benzene rings is 1. The van der Waals surface area contributed by atoms with Crippen LogP contribution in [0.1, 0.15) is 52.8 Å². The van der Waals surface area contributed by atoms with Crippen LogP contribution in [-0.2, 0) is 12.8 Å². The molecule has 0 unspecified atom stereocenters. The number of nitrogens with zero attached hydrogens (tertiary/aromatic N) is 2. The molecule has 126 valence electrons. The zero-order chi connectivity index (χ0) is 17.2. The Kier molecular flexibility index (Phi) is 4.42. The van der Waals surface area contributed by atoms with Crippen molar-refractivity contribution in [2.45, 2.75) is 45.4 Å². The summed E-state index contributed by atoms with van der Waals surface area (Å²) in [5, 5.41) is 11.7. The fourth-order valence-corrected chi connectivity index (χ4v) is 4.79. The van der Waals surface area contributed by atoms with Gasteiger partial charge in [-0.25, -0.2) is 4.99 Å². The minimum Gasteiger partial charge on any atom is -0.361 e. The van der Waals surface area contributed by atoms with E-state index in [1.54, 1.807) is 11.3 Å². The molecule has 0 spiro atoms. The van der Waals surface area contributed by atoms with Crippen LogP contribution in [0.3, 0.4) is 0 Å². The average Bonchev–Trinajstić information content (AvgIpc) is 3.13. The number of aryl methyl sites for hydroxylation is 2. The van der Waals surface area contributed by atoms with E-state index in [9.17, 15) is 5.26 Å². The van der Waals surface area contributed by atoms with E-state index in [4.69, 9.17) is 4.99 Å². The van der Waals surface area contributed by atoms with E-state index < -0.39 is 0 Å². The molecule has 0 radical (unpaired) electrons. The maximum absolute atomic E-state index is 9.67. The highest BCUT2D eigenvalue weighted by molar-refractivity contribution is 7.16. The van der Waals surface area contributed by atoms with Gasteiger partial charge in [0.2, 0.25) is 0 Å². The molecule has 25 heavy (non-hydrogen) atoms. The third kappa shape index (κ3) is 3.12. The Bertz CT molecular complexity index is 985. The highest BCUT2D eigenvalue weighted by Crippen LogP contribution is 2.38. The number of nitriles is 1. The Labute approximate surface area is 152 Å². The summed E-state index contributed by atoms with van der Waals surface area (Å²) in [6.07, 6.45) is 11.0. The lowest BCUT2D eigenvalue weighted by Crippen LogP contribution is -1.97. The molecule has 0 saturated carbocycles. The van der Waals surface area contributed by atoms with Crippen molar-refractivity contribution < 1.29 is 0 Å². The van der Waals surface area contributed by atoms with Gasteiger partial charge in [-0.15, -0.1) is 11.3 Å². The SMILES string of the molecule is Cc1ccc2[nH]cc(/C=N/c3sc4c(c3C#N)CCCCCC4)c2c1. The molecule has 2 heterocycles. The summed E-state index contributed by atoms with van der Waals surface area (Å²) in [4.78, 5) is 9.38. The van der Waals surface area contributed by atoms with E-state index in [2.05, 4.69) is 36.2 Å². The first-order chi connectivity index (χ1) is 12.3. The van der Waals surface area contributed by atoms with Crippen LogP contribution >= 0.6 is 11.3 Å². The van der Waals surface area contributed by atoms with Crippen molar-refractivity contribution in [1.82, 2.24) is 4.98 Å². The van der Waals surface area contributed by atoms with E-state index >= 15 is 0 Å². The molecule has 0 bridgehead atoms. The van der Waals surface area contributed by atoms with E-state index in [-0.39, 0.29) is 0 Å². The predicted octanol–water partition coefficient (Wildman–Crippen LogP) is 5.82. The summed E-state index contributed by atoms with van der Waals surface area (Å²) in [6.45, 7) is 2.10. The molecule has 3 aromatic rings. The molecule has 1 aliphatic rings. The maximum atomic E-state index is 9.67. The summed E-state index contributed by atoms with van der Waals surface area (Å²) in [5.74, 6) is 0. The molecule has 1 aliphatic carbocycles. The first kappa shape index (κ1) is 16.1. The van der Waals surface area contributed by atoms with Crippen molar-refractivity contribution in [2.24, 2.45) is 4.99 Å². The number of hydrogen-bond donors (Lipinski definition) is 1. The second-order valence-corrected chi connectivity index (χ2v) is 7.84. The molecule has 1 aromatic carbocycles. The van der Waals surface area contributed by atoms with Crippen LogP contribution in [0.4, 0.5) is 5.00 Å². The summed E-state index contributed by atoms with van der Waals surface area (Å²) >= 11 is 1.71. The predicted molar refractivity (Wildman–Crippen MR) is 105 cm³/mol. The maximum Gasteiger partial charge on any atom is 0.134 e. The molecule has 0 aliphatic heterocycles. The largest absolute Gasteiger partial charge is 0.361 e. The van der Waals surface area contributed by atoms with E-state index in [0.717, 1.165) is 34.5 Å². The van der Waals surface area contributed by atoms with E-state index in [0.29, 0.717) is 0 Å². The number of aromatic nitrogens is 1. The molecule has 4 rings (SSSR count). The van der Waals surface area contributed by atoms with Gasteiger partial charge < -0.3 is 4.98 Å². The van der Waals surface area contributed by atoms with E-state index in [1.807, 2.05) is 12.4 Å². The van der Waals surface area contributed by atoms with Crippen molar-refractivity contribution >= 4 is 33.5 Å². The molecule has 0 amide bonds. The van der Waals surface area contributed by atoms with Gasteiger partial charge in [-0.3, -0.25) is 0 Å². The van der Waals surface area contributed by atoms with Crippen LogP contribution in [0, 0.1) is 18.3 Å². The van der Waals surface area contributed by atoms with E-state index in [1.165, 1.54) is 47.1 Å². The minimum atomic E-state index is 0.800. The summed E-state index contributed by atoms with van der Waals surface area (Å²) in [6, 6.07) is 8.79. The van der Waals surface area contributed by atoms with Crippen LogP contribution < -0.4 is 0 Å². The second-order valence-electron chi connectivity index (χ2n) is 6.76. The standard InChI is InChI=1S/C21H21N3S/c1-14-8-9-19-17(10-14)15(12-23-19)13-24-21-18(11-22)16-6-4-2-3-5-7-20(16)25-21/h8-10,12-13,23H,2-7H2,1H3/b24-13+. The Morgan fingerprint density at radius 3 is 2.88 bits per heavy atom. The fraction of sp³-hybridized carbons (Fsp3) is 0.333. The molecular formula is C21H21N3S. The number of thiophene rings is 1. The van der Waals surface area contributed by atoms with Gasteiger partial charge in [-0.2, -0.15) is 5.26 Å². The third-order valence-electron chi connectivity index (χ3n) is 4.95. The molecule has 0 fully saturated rings. The Morgan fingerprint density at radius 2 is 2.04 bits per heavy atom. The highest BCUT2D eigenvalue weighted by atomic mass is 32.1. The van der Waals surface area contributed by atoms with Crippen molar-refractivity contribution in [2.75, 3.05) is 0 Å². The lowest BCUT2D eigenvalue weighted by molar-refractivity contribution is 0.622. The van der Waals surface area contributed by atoms with Crippen molar-refractivity contribution in [1.29, 1.82) is 5.26 Å². The van der Waals surface area contributed by atoms with Crippen molar-refractivity contribution in [3.63, 3.8) is 0 Å². The topological polar surface area (TPSA) is 51.9 Å². The molecular weight excluding hydrogens is 326 g/mol. The Hall–Kier alpha value is -2.38. The summed E-state index contributed by atoms with van der Waals surface area (Å²) in [7, 11) is 0. The third-order valence-corrected chi connectivity index (χ3v) is 6.15. The van der Waals surface area contributed by atoms with Gasteiger partial charge in [0.15, 0.2) is 0 Å². The van der Waals surface area contributed by atoms with Crippen LogP contribution in [0.15, 0.2) is 29.4 Å². The molecule has 3 nitrogen and oxygen atoms in total. The zero-order valence-electron chi connectivity index (χ0n) is 14.4. The molecule has 4 heteroatoms. The van der Waals surface area contributed by atoms with Crippen molar-refractivity contribution in [3.05, 3.63) is 51.5 Å². The minimum absolute atomic E-state index is 0.800. The number of fused-ring (bicyclic) bond motifs is 2. The number of nitrogens with one attached hydrogen (secondary N) is 1. The fourth-order valence-electron chi connectivity index (χ4n) is 3.60. The second kappa shape index (κ2) is 6.85. The number of H-pyrrole nitrogens is 1. The van der Waals surface area contributed by atoms with Gasteiger partial charge in [0.1, 0.15) is 11.1 Å². The average molecular weight is 347 g/mol. The van der Waals surface area contributed by atoms with Gasteiger partial charge in [0.05, 0.1) is 5.56 Å². The number of aliphatic imine (C=N–C) groups is 1. The lowest BCUT2D eigenvalue weighted by atomic mass is 9.97. The van der Waals surface area contributed by atoms with Crippen LogP contribution in [0.2, 0.25) is 0 Å². The normalized spacial score (nSPS) is 15.0. The van der Waals surface area contributed by atoms with Gasteiger partial charge in [0, 0.05) is 33.8 Å². The molecule has 0 saturated heterocycles. The van der Waals surface area contributed by atoms with Crippen molar-refractivity contribution in [3.8, 4) is 6.07 Å². The highest BCUT2D eigenvalue weighted by Gasteiger charge is 2.18. The molecule has 1 N–H and O–H groups in total. The number of rotatable bonds is 2. The van der Waals surface area contributed by atoms with Crippen LogP contribution in [0.5, 0.6) is 0 Å². The summed E-state index contributed by atoms with van der Waals surface area (Å²) < 4.78 is 0. The smallest absolute Gasteiger partial charge is 0.134 e. The Morgan fingerprint density at radius 1 is 1.20 bits per heavy atom. The zero-order valence-corrected chi connectivity index (χ0v) is 15.2.